The molecular weight excluding hydrogens is 400 g/mol. The van der Waals surface area contributed by atoms with Gasteiger partial charge in [-0.15, -0.1) is 0 Å². The molecule has 3 fully saturated rings. The Morgan fingerprint density at radius 3 is 2.52 bits per heavy atom. The molecular formula is C22H18N4O5. The van der Waals surface area contributed by atoms with Crippen LogP contribution < -0.4 is 10.2 Å². The lowest BCUT2D eigenvalue weighted by molar-refractivity contribution is -0.384. The predicted octanol–water partition coefficient (Wildman–Crippen LogP) is 2.03. The molecule has 4 aliphatic rings. The average molecular weight is 418 g/mol. The molecule has 1 spiro atoms. The Balaban J connectivity index is 1.50. The van der Waals surface area contributed by atoms with Gasteiger partial charge in [0.05, 0.1) is 22.4 Å². The fourth-order valence-corrected chi connectivity index (χ4v) is 6.14. The van der Waals surface area contributed by atoms with Crippen molar-refractivity contribution in [3.8, 4) is 0 Å². The minimum Gasteiger partial charge on any atom is -0.324 e. The van der Waals surface area contributed by atoms with Crippen LogP contribution in [-0.4, -0.2) is 40.1 Å². The monoisotopic (exact) mass is 418 g/mol. The number of carbonyl (C=O) groups is 3. The number of rotatable bonds is 2. The van der Waals surface area contributed by atoms with Crippen molar-refractivity contribution in [3.05, 3.63) is 64.2 Å². The van der Waals surface area contributed by atoms with Crippen LogP contribution in [0.4, 0.5) is 17.1 Å². The van der Waals surface area contributed by atoms with Crippen LogP contribution in [0.15, 0.2) is 48.5 Å². The molecule has 0 radical (unpaired) electrons. The number of amides is 3. The van der Waals surface area contributed by atoms with Crippen molar-refractivity contribution in [1.29, 1.82) is 0 Å². The van der Waals surface area contributed by atoms with Crippen LogP contribution in [0.3, 0.4) is 0 Å². The SMILES string of the molecule is O=C1[C@@H]2[C@H]3CCCN3[C@@]3(C(=O)Nc4ccccc43)[C@H]2C(=O)N1c1ccc([N+](=O)[O-])cc1. The number of carbonyl (C=O) groups excluding carboxylic acids is 3. The maximum Gasteiger partial charge on any atom is 0.269 e. The molecule has 6 rings (SSSR count). The molecule has 4 heterocycles. The second-order valence-electron chi connectivity index (χ2n) is 8.46. The molecule has 3 amide bonds. The Morgan fingerprint density at radius 1 is 1.03 bits per heavy atom. The molecule has 0 aromatic heterocycles. The summed E-state index contributed by atoms with van der Waals surface area (Å²) in [7, 11) is 0. The molecule has 4 atom stereocenters. The number of hydrogen-bond donors (Lipinski definition) is 1. The van der Waals surface area contributed by atoms with E-state index in [1.54, 1.807) is 0 Å². The summed E-state index contributed by atoms with van der Waals surface area (Å²) >= 11 is 0. The van der Waals surface area contributed by atoms with Crippen LogP contribution in [0.1, 0.15) is 18.4 Å². The van der Waals surface area contributed by atoms with E-state index >= 15 is 0 Å². The number of nitro benzene ring substituents is 1. The van der Waals surface area contributed by atoms with Crippen molar-refractivity contribution in [1.82, 2.24) is 4.90 Å². The Kier molecular flexibility index (Phi) is 3.51. The van der Waals surface area contributed by atoms with Crippen LogP contribution in [0, 0.1) is 22.0 Å². The number of non-ortho nitro benzene ring substituents is 1. The summed E-state index contributed by atoms with van der Waals surface area (Å²) in [5.41, 5.74) is 0.385. The van der Waals surface area contributed by atoms with E-state index in [9.17, 15) is 24.5 Å². The quantitative estimate of drug-likeness (QED) is 0.454. The third-order valence-corrected chi connectivity index (χ3v) is 7.22. The van der Waals surface area contributed by atoms with Gasteiger partial charge in [0.25, 0.3) is 5.69 Å². The standard InChI is InChI=1S/C22H18N4O5/c27-19-17-16-6-3-11-24(16)22(14-4-1-2-5-15(14)23-21(22)29)18(17)20(28)25(19)12-7-9-13(10-8-12)26(30)31/h1-2,4-5,7-10,16-18H,3,6,11H2,(H,23,29)/t16-,17-,18-,22-/m1/s1. The highest BCUT2D eigenvalue weighted by Crippen LogP contribution is 2.60. The van der Waals surface area contributed by atoms with E-state index < -0.39 is 28.2 Å². The van der Waals surface area contributed by atoms with Crippen LogP contribution in [0.25, 0.3) is 0 Å². The third kappa shape index (κ3) is 2.06. The second kappa shape index (κ2) is 5.98. The summed E-state index contributed by atoms with van der Waals surface area (Å²) < 4.78 is 0. The predicted molar refractivity (Wildman–Crippen MR) is 109 cm³/mol. The fourth-order valence-electron chi connectivity index (χ4n) is 6.14. The van der Waals surface area contributed by atoms with Crippen molar-refractivity contribution >= 4 is 34.8 Å². The van der Waals surface area contributed by atoms with Crippen LogP contribution in [-0.2, 0) is 19.9 Å². The highest BCUT2D eigenvalue weighted by molar-refractivity contribution is 6.25. The van der Waals surface area contributed by atoms with Gasteiger partial charge in [0.2, 0.25) is 17.7 Å². The first-order valence-corrected chi connectivity index (χ1v) is 10.3. The van der Waals surface area contributed by atoms with E-state index in [-0.39, 0.29) is 23.5 Å². The molecule has 9 heteroatoms. The highest BCUT2D eigenvalue weighted by atomic mass is 16.6. The topological polar surface area (TPSA) is 113 Å². The zero-order valence-corrected chi connectivity index (χ0v) is 16.4. The number of para-hydroxylation sites is 1. The lowest BCUT2D eigenvalue weighted by Crippen LogP contribution is -2.54. The smallest absolute Gasteiger partial charge is 0.269 e. The fraction of sp³-hybridized carbons (Fsp3) is 0.318. The largest absolute Gasteiger partial charge is 0.324 e. The third-order valence-electron chi connectivity index (χ3n) is 7.22. The Labute approximate surface area is 176 Å². The Hall–Kier alpha value is -3.59. The Morgan fingerprint density at radius 2 is 1.77 bits per heavy atom. The van der Waals surface area contributed by atoms with Crippen LogP contribution in [0.2, 0.25) is 0 Å². The highest BCUT2D eigenvalue weighted by Gasteiger charge is 2.74. The van der Waals surface area contributed by atoms with Crippen molar-refractivity contribution in [2.75, 3.05) is 16.8 Å². The molecule has 31 heavy (non-hydrogen) atoms. The maximum absolute atomic E-state index is 13.7. The summed E-state index contributed by atoms with van der Waals surface area (Å²) in [6, 6.07) is 12.5. The summed E-state index contributed by atoms with van der Waals surface area (Å²) in [6.45, 7) is 0.650. The Bertz CT molecular complexity index is 1180. The van der Waals surface area contributed by atoms with E-state index in [1.165, 1.54) is 24.3 Å². The van der Waals surface area contributed by atoms with Gasteiger partial charge in [-0.2, -0.15) is 0 Å². The van der Waals surface area contributed by atoms with Gasteiger partial charge in [-0.05, 0) is 37.6 Å². The number of nitro groups is 1. The molecule has 9 nitrogen and oxygen atoms in total. The van der Waals surface area contributed by atoms with Crippen molar-refractivity contribution in [3.63, 3.8) is 0 Å². The minimum absolute atomic E-state index is 0.120. The summed E-state index contributed by atoms with van der Waals surface area (Å²) in [4.78, 5) is 54.3. The molecule has 0 aliphatic carbocycles. The molecule has 0 bridgehead atoms. The number of imide groups is 1. The number of anilines is 2. The van der Waals surface area contributed by atoms with Gasteiger partial charge in [-0.25, -0.2) is 4.90 Å². The zero-order valence-electron chi connectivity index (χ0n) is 16.4. The lowest BCUT2D eigenvalue weighted by Gasteiger charge is -2.36. The van der Waals surface area contributed by atoms with Gasteiger partial charge >= 0.3 is 0 Å². The maximum atomic E-state index is 13.7. The number of benzene rings is 2. The van der Waals surface area contributed by atoms with E-state index in [2.05, 4.69) is 10.2 Å². The molecule has 156 valence electrons. The molecule has 3 saturated heterocycles. The number of fused-ring (bicyclic) bond motifs is 7. The van der Waals surface area contributed by atoms with Gasteiger partial charge in [-0.1, -0.05) is 18.2 Å². The van der Waals surface area contributed by atoms with Gasteiger partial charge in [0.15, 0.2) is 0 Å². The first-order valence-electron chi connectivity index (χ1n) is 10.3. The molecule has 2 aromatic rings. The van der Waals surface area contributed by atoms with Gasteiger partial charge < -0.3 is 5.32 Å². The van der Waals surface area contributed by atoms with Gasteiger partial charge in [0, 0.05) is 29.4 Å². The first kappa shape index (κ1) is 18.2. The summed E-state index contributed by atoms with van der Waals surface area (Å²) in [5, 5.41) is 13.9. The number of nitrogens with one attached hydrogen (secondary N) is 1. The van der Waals surface area contributed by atoms with Crippen molar-refractivity contribution in [2.24, 2.45) is 11.8 Å². The van der Waals surface area contributed by atoms with Gasteiger partial charge in [-0.3, -0.25) is 29.4 Å². The molecule has 0 unspecified atom stereocenters. The number of nitrogens with zero attached hydrogens (tertiary/aromatic N) is 3. The van der Waals surface area contributed by atoms with Crippen molar-refractivity contribution in [2.45, 2.75) is 24.4 Å². The van der Waals surface area contributed by atoms with Crippen molar-refractivity contribution < 1.29 is 19.3 Å². The first-order chi connectivity index (χ1) is 15.0. The molecule has 2 aromatic carbocycles. The second-order valence-corrected chi connectivity index (χ2v) is 8.46. The van der Waals surface area contributed by atoms with E-state index in [4.69, 9.17) is 0 Å². The summed E-state index contributed by atoms with van der Waals surface area (Å²) in [5.74, 6) is -2.48. The zero-order chi connectivity index (χ0) is 21.5. The lowest BCUT2D eigenvalue weighted by atomic mass is 9.75. The van der Waals surface area contributed by atoms with E-state index in [1.807, 2.05) is 24.3 Å². The normalized spacial score (nSPS) is 31.2. The average Bonchev–Trinajstić information content (AvgIpc) is 3.46. The number of hydrogen-bond acceptors (Lipinski definition) is 6. The van der Waals surface area contributed by atoms with Crippen LogP contribution >= 0.6 is 0 Å². The van der Waals surface area contributed by atoms with Crippen LogP contribution in [0.5, 0.6) is 0 Å². The summed E-state index contributed by atoms with van der Waals surface area (Å²) in [6.07, 6.45) is 1.59. The molecule has 0 saturated carbocycles. The molecule has 4 aliphatic heterocycles. The molecule has 1 N–H and O–H groups in total. The van der Waals surface area contributed by atoms with Gasteiger partial charge in [0.1, 0.15) is 5.54 Å². The van der Waals surface area contributed by atoms with E-state index in [0.717, 1.165) is 23.3 Å². The minimum atomic E-state index is -1.20. The van der Waals surface area contributed by atoms with E-state index in [0.29, 0.717) is 17.9 Å².